The topological polar surface area (TPSA) is 70.2 Å². The van der Waals surface area contributed by atoms with E-state index in [2.05, 4.69) is 16.0 Å². The molecule has 0 radical (unpaired) electrons. The lowest BCUT2D eigenvalue weighted by atomic mass is 9.88. The van der Waals surface area contributed by atoms with E-state index in [-0.39, 0.29) is 36.1 Å². The molecule has 1 aromatic rings. The molecule has 5 nitrogen and oxygen atoms in total. The van der Waals surface area contributed by atoms with Crippen molar-refractivity contribution in [3.05, 3.63) is 24.3 Å². The minimum Gasteiger partial charge on any atom is -0.326 e. The normalized spacial score (nSPS) is 21.0. The van der Waals surface area contributed by atoms with Gasteiger partial charge in [-0.15, -0.1) is 12.4 Å². The predicted molar refractivity (Wildman–Crippen MR) is 103 cm³/mol. The summed E-state index contributed by atoms with van der Waals surface area (Å²) in [6.45, 7) is 1.73. The fourth-order valence-corrected chi connectivity index (χ4v) is 3.60. The van der Waals surface area contributed by atoms with Crippen molar-refractivity contribution >= 4 is 35.6 Å². The van der Waals surface area contributed by atoms with Crippen LogP contribution in [0.4, 0.5) is 11.4 Å². The van der Waals surface area contributed by atoms with Gasteiger partial charge in [-0.2, -0.15) is 0 Å². The molecule has 2 fully saturated rings. The Kier molecular flexibility index (Phi) is 7.72. The number of halogens is 1. The Morgan fingerprint density at radius 1 is 0.880 bits per heavy atom. The highest BCUT2D eigenvalue weighted by atomic mass is 35.5. The molecule has 3 rings (SSSR count). The summed E-state index contributed by atoms with van der Waals surface area (Å²) in [5.41, 5.74) is 1.50. The van der Waals surface area contributed by atoms with Crippen LogP contribution < -0.4 is 16.0 Å². The molecular weight excluding hydrogens is 338 g/mol. The van der Waals surface area contributed by atoms with Crippen LogP contribution in [-0.2, 0) is 9.59 Å². The second kappa shape index (κ2) is 9.78. The first-order valence-corrected chi connectivity index (χ1v) is 9.15. The van der Waals surface area contributed by atoms with Crippen LogP contribution in [-0.4, -0.2) is 24.9 Å². The van der Waals surface area contributed by atoms with Gasteiger partial charge in [-0.25, -0.2) is 0 Å². The molecule has 2 amide bonds. The summed E-state index contributed by atoms with van der Waals surface area (Å²) in [5.74, 6) is 0.317. The van der Waals surface area contributed by atoms with E-state index in [0.717, 1.165) is 63.0 Å². The van der Waals surface area contributed by atoms with Crippen molar-refractivity contribution in [3.8, 4) is 0 Å². The van der Waals surface area contributed by atoms with Crippen LogP contribution in [0.3, 0.4) is 0 Å². The number of rotatable bonds is 4. The molecule has 3 N–H and O–H groups in total. The highest BCUT2D eigenvalue weighted by Crippen LogP contribution is 2.25. The smallest absolute Gasteiger partial charge is 0.228 e. The maximum atomic E-state index is 12.3. The van der Waals surface area contributed by atoms with Crippen molar-refractivity contribution in [1.29, 1.82) is 0 Å². The van der Waals surface area contributed by atoms with Crippen LogP contribution in [0.25, 0.3) is 0 Å². The summed E-state index contributed by atoms with van der Waals surface area (Å²) in [5, 5.41) is 9.23. The van der Waals surface area contributed by atoms with E-state index in [4.69, 9.17) is 0 Å². The second-order valence-electron chi connectivity index (χ2n) is 6.94. The van der Waals surface area contributed by atoms with E-state index in [0.29, 0.717) is 0 Å². The van der Waals surface area contributed by atoms with Crippen molar-refractivity contribution < 1.29 is 9.59 Å². The molecule has 1 aliphatic heterocycles. The molecule has 1 atom stereocenters. The molecule has 0 aromatic heterocycles. The molecule has 138 valence electrons. The summed E-state index contributed by atoms with van der Waals surface area (Å²) in [4.78, 5) is 24.7. The van der Waals surface area contributed by atoms with Gasteiger partial charge in [0.05, 0.1) is 5.92 Å². The third kappa shape index (κ3) is 5.72. The summed E-state index contributed by atoms with van der Waals surface area (Å²) in [7, 11) is 0. The number of carbonyl (C=O) groups excluding carboxylic acids is 2. The Bertz CT molecular complexity index is 535. The van der Waals surface area contributed by atoms with Crippen molar-refractivity contribution in [1.82, 2.24) is 5.32 Å². The second-order valence-corrected chi connectivity index (χ2v) is 6.94. The van der Waals surface area contributed by atoms with Crippen molar-refractivity contribution in [3.63, 3.8) is 0 Å². The van der Waals surface area contributed by atoms with Gasteiger partial charge in [-0.05, 0) is 50.4 Å². The van der Waals surface area contributed by atoms with Crippen LogP contribution in [0.5, 0.6) is 0 Å². The zero-order chi connectivity index (χ0) is 16.8. The first-order valence-electron chi connectivity index (χ1n) is 9.15. The fraction of sp³-hybridized carbons (Fsp3) is 0.579. The van der Waals surface area contributed by atoms with Gasteiger partial charge < -0.3 is 16.0 Å². The van der Waals surface area contributed by atoms with Crippen molar-refractivity contribution in [2.45, 2.75) is 44.9 Å². The van der Waals surface area contributed by atoms with Crippen LogP contribution in [0.2, 0.25) is 0 Å². The third-order valence-electron chi connectivity index (χ3n) is 5.04. The highest BCUT2D eigenvalue weighted by molar-refractivity contribution is 5.95. The molecular formula is C19H28ClN3O2. The van der Waals surface area contributed by atoms with Crippen molar-refractivity contribution in [2.24, 2.45) is 11.8 Å². The van der Waals surface area contributed by atoms with Crippen LogP contribution in [0, 0.1) is 11.8 Å². The monoisotopic (exact) mass is 365 g/mol. The molecule has 1 aromatic carbocycles. The summed E-state index contributed by atoms with van der Waals surface area (Å²) in [6, 6.07) is 7.45. The van der Waals surface area contributed by atoms with Gasteiger partial charge in [-0.1, -0.05) is 25.3 Å². The fourth-order valence-electron chi connectivity index (χ4n) is 3.60. The maximum Gasteiger partial charge on any atom is 0.228 e. The number of anilines is 2. The summed E-state index contributed by atoms with van der Waals surface area (Å²) < 4.78 is 0. The van der Waals surface area contributed by atoms with Gasteiger partial charge in [0.15, 0.2) is 0 Å². The molecule has 1 heterocycles. The lowest BCUT2D eigenvalue weighted by molar-refractivity contribution is -0.121. The molecule has 1 saturated carbocycles. The predicted octanol–water partition coefficient (Wildman–Crippen LogP) is 3.57. The standard InChI is InChI=1S/C19H27N3O2.ClH/c23-18(14-6-2-1-3-7-14)21-16-9-4-10-17(12-16)22-19(24)15-8-5-11-20-13-15;/h4,9-10,12,14-15,20H,1-3,5-8,11,13H2,(H,21,23)(H,22,24);1H. The first kappa shape index (κ1) is 19.7. The summed E-state index contributed by atoms with van der Waals surface area (Å²) in [6.07, 6.45) is 7.45. The van der Waals surface area contributed by atoms with E-state index >= 15 is 0 Å². The number of carbonyl (C=O) groups is 2. The van der Waals surface area contributed by atoms with Gasteiger partial charge in [-0.3, -0.25) is 9.59 Å². The largest absolute Gasteiger partial charge is 0.326 e. The quantitative estimate of drug-likeness (QED) is 0.764. The Hall–Kier alpha value is -1.59. The number of piperidine rings is 1. The number of amides is 2. The molecule has 2 aliphatic rings. The molecule has 1 saturated heterocycles. The Balaban J connectivity index is 0.00000225. The van der Waals surface area contributed by atoms with Gasteiger partial charge in [0.2, 0.25) is 11.8 Å². The Morgan fingerprint density at radius 3 is 2.08 bits per heavy atom. The van der Waals surface area contributed by atoms with Crippen LogP contribution in [0.1, 0.15) is 44.9 Å². The minimum atomic E-state index is 0. The molecule has 0 bridgehead atoms. The van der Waals surface area contributed by atoms with E-state index in [1.807, 2.05) is 24.3 Å². The third-order valence-corrected chi connectivity index (χ3v) is 5.04. The number of nitrogens with one attached hydrogen (secondary N) is 3. The van der Waals surface area contributed by atoms with Gasteiger partial charge in [0.25, 0.3) is 0 Å². The van der Waals surface area contributed by atoms with Gasteiger partial charge in [0.1, 0.15) is 0 Å². The van der Waals surface area contributed by atoms with E-state index < -0.39 is 0 Å². The number of hydrogen-bond donors (Lipinski definition) is 3. The van der Waals surface area contributed by atoms with Gasteiger partial charge >= 0.3 is 0 Å². The molecule has 1 unspecified atom stereocenters. The SMILES string of the molecule is Cl.O=C(Nc1cccc(NC(=O)C2CCCNC2)c1)C1CCCCC1. The first-order chi connectivity index (χ1) is 11.7. The zero-order valence-corrected chi connectivity index (χ0v) is 15.4. The number of benzene rings is 1. The van der Waals surface area contributed by atoms with Crippen molar-refractivity contribution in [2.75, 3.05) is 23.7 Å². The molecule has 6 heteroatoms. The highest BCUT2D eigenvalue weighted by Gasteiger charge is 2.22. The Labute approximate surface area is 155 Å². The summed E-state index contributed by atoms with van der Waals surface area (Å²) >= 11 is 0. The maximum absolute atomic E-state index is 12.3. The minimum absolute atomic E-state index is 0. The number of hydrogen-bond acceptors (Lipinski definition) is 3. The zero-order valence-electron chi connectivity index (χ0n) is 14.6. The molecule has 0 spiro atoms. The lowest BCUT2D eigenvalue weighted by Crippen LogP contribution is -2.37. The average Bonchev–Trinajstić information content (AvgIpc) is 2.63. The molecule has 25 heavy (non-hydrogen) atoms. The van der Waals surface area contributed by atoms with E-state index in [9.17, 15) is 9.59 Å². The van der Waals surface area contributed by atoms with Crippen LogP contribution in [0.15, 0.2) is 24.3 Å². The van der Waals surface area contributed by atoms with E-state index in [1.54, 1.807) is 0 Å². The lowest BCUT2D eigenvalue weighted by Gasteiger charge is -2.22. The van der Waals surface area contributed by atoms with Gasteiger partial charge in [0, 0.05) is 23.8 Å². The Morgan fingerprint density at radius 2 is 1.48 bits per heavy atom. The van der Waals surface area contributed by atoms with E-state index in [1.165, 1.54) is 6.42 Å². The molecule has 1 aliphatic carbocycles. The average molecular weight is 366 g/mol. The van der Waals surface area contributed by atoms with Crippen LogP contribution >= 0.6 is 12.4 Å².